The van der Waals surface area contributed by atoms with Crippen LogP contribution in [0.4, 0.5) is 4.39 Å². The highest BCUT2D eigenvalue weighted by Crippen LogP contribution is 2.25. The highest BCUT2D eigenvalue weighted by Gasteiger charge is 2.33. The fourth-order valence-electron chi connectivity index (χ4n) is 3.05. The first-order chi connectivity index (χ1) is 11.0. The summed E-state index contributed by atoms with van der Waals surface area (Å²) in [6.45, 7) is 7.26. The van der Waals surface area contributed by atoms with Crippen molar-refractivity contribution in [1.82, 2.24) is 15.4 Å². The molecular weight excluding hydrogens is 317 g/mol. The van der Waals surface area contributed by atoms with Crippen LogP contribution in [-0.4, -0.2) is 52.8 Å². The van der Waals surface area contributed by atoms with Gasteiger partial charge in [-0.15, -0.1) is 0 Å². The molecule has 1 saturated heterocycles. The molecule has 0 saturated carbocycles. The van der Waals surface area contributed by atoms with Gasteiger partial charge >= 0.3 is 0 Å². The van der Waals surface area contributed by atoms with Gasteiger partial charge in [-0.05, 0) is 32.9 Å². The minimum absolute atomic E-state index is 0.0158. The molecule has 0 aromatic carbocycles. The first kappa shape index (κ1) is 18.3. The van der Waals surface area contributed by atoms with Gasteiger partial charge in [0.25, 0.3) is 0 Å². The van der Waals surface area contributed by atoms with Crippen LogP contribution in [-0.2, 0) is 11.3 Å². The Morgan fingerprint density at radius 3 is 2.87 bits per heavy atom. The zero-order valence-electron chi connectivity index (χ0n) is 14.3. The van der Waals surface area contributed by atoms with Crippen LogP contribution in [0.3, 0.4) is 0 Å². The Morgan fingerprint density at radius 1 is 1.57 bits per heavy atom. The van der Waals surface area contributed by atoms with Gasteiger partial charge in [-0.3, -0.25) is 9.69 Å². The third-order valence-corrected chi connectivity index (χ3v) is 5.60. The van der Waals surface area contributed by atoms with E-state index in [2.05, 4.69) is 15.4 Å². The average molecular weight is 343 g/mol. The maximum Gasteiger partial charge on any atom is 0.233 e. The van der Waals surface area contributed by atoms with E-state index >= 15 is 0 Å². The number of nitrogens with one attached hydrogen (secondary N) is 1. The summed E-state index contributed by atoms with van der Waals surface area (Å²) < 4.78 is 19.1. The van der Waals surface area contributed by atoms with Gasteiger partial charge in [0, 0.05) is 31.2 Å². The van der Waals surface area contributed by atoms with Gasteiger partial charge < -0.3 is 9.84 Å². The molecule has 1 aliphatic rings. The minimum atomic E-state index is -0.847. The number of carbonyl (C=O) groups excluding carboxylic acids is 1. The number of likely N-dealkylation sites (tertiary alicyclic amines) is 1. The monoisotopic (exact) mass is 343 g/mol. The molecule has 130 valence electrons. The van der Waals surface area contributed by atoms with E-state index in [0.717, 1.165) is 23.4 Å². The Morgan fingerprint density at radius 2 is 2.30 bits per heavy atom. The summed E-state index contributed by atoms with van der Waals surface area (Å²) >= 11 is 1.55. The molecule has 1 N–H and O–H groups in total. The molecule has 0 aliphatic carbocycles. The Hall–Kier alpha value is -1.08. The molecule has 2 heterocycles. The third kappa shape index (κ3) is 4.47. The number of rotatable bonds is 7. The van der Waals surface area contributed by atoms with Gasteiger partial charge in [-0.2, -0.15) is 11.8 Å². The lowest BCUT2D eigenvalue weighted by Gasteiger charge is -2.25. The van der Waals surface area contributed by atoms with Crippen LogP contribution in [0, 0.1) is 13.8 Å². The van der Waals surface area contributed by atoms with Gasteiger partial charge in [-0.25, -0.2) is 4.39 Å². The quantitative estimate of drug-likeness (QED) is 0.824. The van der Waals surface area contributed by atoms with Gasteiger partial charge in [0.05, 0.1) is 10.9 Å². The summed E-state index contributed by atoms with van der Waals surface area (Å²) in [6.07, 6.45) is 2.34. The van der Waals surface area contributed by atoms with Gasteiger partial charge in [0.1, 0.15) is 11.9 Å². The van der Waals surface area contributed by atoms with E-state index < -0.39 is 6.17 Å². The minimum Gasteiger partial charge on any atom is -0.361 e. The molecule has 2 rings (SSSR count). The van der Waals surface area contributed by atoms with Crippen LogP contribution < -0.4 is 5.32 Å². The summed E-state index contributed by atoms with van der Waals surface area (Å²) in [6, 6.07) is 0.0158. The van der Waals surface area contributed by atoms with E-state index in [-0.39, 0.29) is 17.2 Å². The number of hydrogen-bond donors (Lipinski definition) is 1. The molecule has 0 spiro atoms. The third-order valence-electron chi connectivity index (χ3n) is 4.48. The summed E-state index contributed by atoms with van der Waals surface area (Å²) in [5.74, 6) is 0.820. The van der Waals surface area contributed by atoms with E-state index in [0.29, 0.717) is 26.1 Å². The largest absolute Gasteiger partial charge is 0.361 e. The summed E-state index contributed by atoms with van der Waals surface area (Å²) in [5.41, 5.74) is 1.87. The molecule has 1 aliphatic heterocycles. The predicted octanol–water partition coefficient (Wildman–Crippen LogP) is 2.46. The van der Waals surface area contributed by atoms with Crippen LogP contribution in [0.2, 0.25) is 0 Å². The van der Waals surface area contributed by atoms with Crippen molar-refractivity contribution in [3.63, 3.8) is 0 Å². The molecular formula is C16H26FN3O2S. The first-order valence-corrected chi connectivity index (χ1v) is 9.35. The van der Waals surface area contributed by atoms with Gasteiger partial charge in [-0.1, -0.05) is 12.1 Å². The highest BCUT2D eigenvalue weighted by atomic mass is 32.2. The molecule has 5 nitrogen and oxygen atoms in total. The molecule has 1 fully saturated rings. The molecule has 1 aromatic heterocycles. The summed E-state index contributed by atoms with van der Waals surface area (Å²) in [7, 11) is 0. The SMILES string of the molecule is CC[C@@H](SC)C(=O)NC[C@@H]1C[C@H](F)CN1Cc1c(C)noc1C. The molecule has 0 radical (unpaired) electrons. The Bertz CT molecular complexity index is 514. The van der Waals surface area contributed by atoms with Crippen molar-refractivity contribution in [1.29, 1.82) is 0 Å². The topological polar surface area (TPSA) is 58.4 Å². The molecule has 1 amide bonds. The van der Waals surface area contributed by atoms with Crippen molar-refractivity contribution in [2.45, 2.75) is 57.6 Å². The molecule has 1 aromatic rings. The first-order valence-electron chi connectivity index (χ1n) is 8.06. The lowest BCUT2D eigenvalue weighted by Crippen LogP contribution is -2.42. The Labute approximate surface area is 141 Å². The second-order valence-electron chi connectivity index (χ2n) is 6.10. The smallest absolute Gasteiger partial charge is 0.233 e. The number of hydrogen-bond acceptors (Lipinski definition) is 5. The summed E-state index contributed by atoms with van der Waals surface area (Å²) in [5, 5.41) is 6.90. The van der Waals surface area contributed by atoms with E-state index in [1.54, 1.807) is 11.8 Å². The van der Waals surface area contributed by atoms with Gasteiger partial charge in [0.15, 0.2) is 0 Å². The van der Waals surface area contributed by atoms with Crippen molar-refractivity contribution in [3.8, 4) is 0 Å². The number of aromatic nitrogens is 1. The van der Waals surface area contributed by atoms with Crippen LogP contribution in [0.15, 0.2) is 4.52 Å². The molecule has 23 heavy (non-hydrogen) atoms. The lowest BCUT2D eigenvalue weighted by molar-refractivity contribution is -0.120. The second-order valence-corrected chi connectivity index (χ2v) is 7.14. The van der Waals surface area contributed by atoms with Crippen LogP contribution in [0.1, 0.15) is 36.8 Å². The van der Waals surface area contributed by atoms with Crippen LogP contribution in [0.5, 0.6) is 0 Å². The number of amides is 1. The summed E-state index contributed by atoms with van der Waals surface area (Å²) in [4.78, 5) is 14.2. The lowest BCUT2D eigenvalue weighted by atomic mass is 10.1. The molecule has 0 bridgehead atoms. The zero-order valence-corrected chi connectivity index (χ0v) is 15.1. The number of aryl methyl sites for hydroxylation is 2. The highest BCUT2D eigenvalue weighted by molar-refractivity contribution is 7.99. The fourth-order valence-corrected chi connectivity index (χ4v) is 3.68. The van der Waals surface area contributed by atoms with Crippen LogP contribution in [0.25, 0.3) is 0 Å². The van der Waals surface area contributed by atoms with Crippen molar-refractivity contribution >= 4 is 17.7 Å². The maximum absolute atomic E-state index is 13.9. The predicted molar refractivity (Wildman–Crippen MR) is 90.3 cm³/mol. The Balaban J connectivity index is 1.96. The fraction of sp³-hybridized carbons (Fsp3) is 0.750. The van der Waals surface area contributed by atoms with Gasteiger partial charge in [0.2, 0.25) is 5.91 Å². The maximum atomic E-state index is 13.9. The Kier molecular flexibility index (Phi) is 6.47. The van der Waals surface area contributed by atoms with E-state index in [1.807, 2.05) is 27.0 Å². The van der Waals surface area contributed by atoms with Crippen molar-refractivity contribution in [2.75, 3.05) is 19.3 Å². The van der Waals surface area contributed by atoms with E-state index in [1.165, 1.54) is 0 Å². The van der Waals surface area contributed by atoms with Crippen LogP contribution >= 0.6 is 11.8 Å². The molecule has 7 heteroatoms. The second kappa shape index (κ2) is 8.15. The molecule has 0 unspecified atom stereocenters. The normalized spacial score (nSPS) is 23.2. The molecule has 3 atom stereocenters. The standard InChI is InChI=1S/C16H26FN3O2S/c1-5-15(23-4)16(21)18-7-13-6-12(17)8-20(13)9-14-10(2)19-22-11(14)3/h12-13,15H,5-9H2,1-4H3,(H,18,21)/t12-,13-,15+/m0/s1. The van der Waals surface area contributed by atoms with E-state index in [4.69, 9.17) is 4.52 Å². The number of thioether (sulfide) groups is 1. The number of alkyl halides is 1. The van der Waals surface area contributed by atoms with Crippen molar-refractivity contribution < 1.29 is 13.7 Å². The number of nitrogens with zero attached hydrogens (tertiary/aromatic N) is 2. The zero-order chi connectivity index (χ0) is 17.0. The number of carbonyl (C=O) groups is 1. The average Bonchev–Trinajstić information content (AvgIpc) is 3.03. The van der Waals surface area contributed by atoms with Crippen molar-refractivity contribution in [2.24, 2.45) is 0 Å². The van der Waals surface area contributed by atoms with Crippen molar-refractivity contribution in [3.05, 3.63) is 17.0 Å². The number of halogens is 1. The van der Waals surface area contributed by atoms with E-state index in [9.17, 15) is 9.18 Å².